The molecule has 0 saturated carbocycles. The number of nitrogens with zero attached hydrogens (tertiary/aromatic N) is 2. The molecular formula is C12H9Cl2N3O. The molecule has 0 bridgehead atoms. The second kappa shape index (κ2) is 5.35. The Morgan fingerprint density at radius 3 is 2.56 bits per heavy atom. The highest BCUT2D eigenvalue weighted by atomic mass is 35.5. The summed E-state index contributed by atoms with van der Waals surface area (Å²) in [7, 11) is 0. The molecule has 2 aromatic rings. The molecule has 92 valence electrons. The van der Waals surface area contributed by atoms with Crippen LogP contribution in [0.15, 0.2) is 42.6 Å². The van der Waals surface area contributed by atoms with Gasteiger partial charge >= 0.3 is 0 Å². The lowest BCUT2D eigenvalue weighted by molar-refractivity contribution is 0.0982. The Morgan fingerprint density at radius 1 is 1.17 bits per heavy atom. The van der Waals surface area contributed by atoms with Gasteiger partial charge in [-0.05, 0) is 30.3 Å². The van der Waals surface area contributed by atoms with E-state index in [2.05, 4.69) is 4.98 Å². The number of halogens is 2. The normalized spacial score (nSPS) is 10.2. The van der Waals surface area contributed by atoms with Crippen molar-refractivity contribution < 1.29 is 4.79 Å². The van der Waals surface area contributed by atoms with E-state index in [9.17, 15) is 4.79 Å². The van der Waals surface area contributed by atoms with Crippen molar-refractivity contribution in [3.63, 3.8) is 0 Å². The molecule has 1 heterocycles. The van der Waals surface area contributed by atoms with E-state index in [0.29, 0.717) is 15.7 Å². The molecule has 4 nitrogen and oxygen atoms in total. The highest BCUT2D eigenvalue weighted by Gasteiger charge is 2.15. The van der Waals surface area contributed by atoms with Gasteiger partial charge in [0.15, 0.2) is 0 Å². The van der Waals surface area contributed by atoms with E-state index >= 15 is 0 Å². The van der Waals surface area contributed by atoms with Gasteiger partial charge in [-0.15, -0.1) is 0 Å². The van der Waals surface area contributed by atoms with Crippen LogP contribution in [0.5, 0.6) is 0 Å². The number of benzene rings is 1. The molecule has 0 aliphatic rings. The summed E-state index contributed by atoms with van der Waals surface area (Å²) in [6.07, 6.45) is 1.52. The minimum atomic E-state index is -0.422. The SMILES string of the molecule is NN(C(=O)c1ccccn1)c1ccc(Cl)c(Cl)c1. The van der Waals surface area contributed by atoms with Crippen LogP contribution in [-0.2, 0) is 0 Å². The monoisotopic (exact) mass is 281 g/mol. The van der Waals surface area contributed by atoms with Crippen LogP contribution in [0.25, 0.3) is 0 Å². The lowest BCUT2D eigenvalue weighted by Gasteiger charge is -2.16. The van der Waals surface area contributed by atoms with Crippen LogP contribution < -0.4 is 10.9 Å². The topological polar surface area (TPSA) is 59.2 Å². The molecule has 2 rings (SSSR count). The van der Waals surface area contributed by atoms with E-state index in [1.807, 2.05) is 0 Å². The molecule has 1 aromatic heterocycles. The van der Waals surface area contributed by atoms with Crippen LogP contribution in [0.3, 0.4) is 0 Å². The second-order valence-corrected chi connectivity index (χ2v) is 4.30. The molecule has 1 aromatic carbocycles. The zero-order valence-electron chi connectivity index (χ0n) is 9.18. The average molecular weight is 282 g/mol. The molecule has 0 saturated heterocycles. The first-order chi connectivity index (χ1) is 8.59. The molecule has 0 spiro atoms. The van der Waals surface area contributed by atoms with Crippen LogP contribution in [0.2, 0.25) is 10.0 Å². The molecule has 0 atom stereocenters. The number of pyridine rings is 1. The van der Waals surface area contributed by atoms with Crippen molar-refractivity contribution in [2.24, 2.45) is 5.84 Å². The first-order valence-electron chi connectivity index (χ1n) is 5.05. The molecule has 6 heteroatoms. The molecule has 18 heavy (non-hydrogen) atoms. The minimum Gasteiger partial charge on any atom is -0.265 e. The summed E-state index contributed by atoms with van der Waals surface area (Å²) in [6, 6.07) is 9.71. The maximum absolute atomic E-state index is 12.0. The van der Waals surface area contributed by atoms with E-state index in [4.69, 9.17) is 29.0 Å². The lowest BCUT2D eigenvalue weighted by atomic mass is 10.3. The van der Waals surface area contributed by atoms with Crippen molar-refractivity contribution in [1.29, 1.82) is 0 Å². The Labute approximate surface area is 114 Å². The van der Waals surface area contributed by atoms with Gasteiger partial charge in [0.25, 0.3) is 5.91 Å². The van der Waals surface area contributed by atoms with Gasteiger partial charge in [-0.1, -0.05) is 29.3 Å². The van der Waals surface area contributed by atoms with E-state index < -0.39 is 5.91 Å². The number of hydrazine groups is 1. The van der Waals surface area contributed by atoms with Crippen molar-refractivity contribution in [1.82, 2.24) is 4.98 Å². The highest BCUT2D eigenvalue weighted by molar-refractivity contribution is 6.42. The predicted octanol–water partition coefficient (Wildman–Crippen LogP) is 2.91. The summed E-state index contributed by atoms with van der Waals surface area (Å²) < 4.78 is 0. The Morgan fingerprint density at radius 2 is 1.94 bits per heavy atom. The maximum atomic E-state index is 12.0. The fourth-order valence-electron chi connectivity index (χ4n) is 1.36. The van der Waals surface area contributed by atoms with Crippen LogP contribution in [0, 0.1) is 0 Å². The molecule has 0 aliphatic heterocycles. The number of carbonyl (C=O) groups is 1. The number of hydrogen-bond acceptors (Lipinski definition) is 3. The largest absolute Gasteiger partial charge is 0.291 e. The first kappa shape index (κ1) is 12.8. The summed E-state index contributed by atoms with van der Waals surface area (Å²) in [5.41, 5.74) is 0.700. The lowest BCUT2D eigenvalue weighted by Crippen LogP contribution is -2.37. The average Bonchev–Trinajstić information content (AvgIpc) is 2.41. The number of aromatic nitrogens is 1. The zero-order valence-corrected chi connectivity index (χ0v) is 10.7. The highest BCUT2D eigenvalue weighted by Crippen LogP contribution is 2.26. The standard InChI is InChI=1S/C12H9Cl2N3O/c13-9-5-4-8(7-10(9)14)17(15)12(18)11-3-1-2-6-16-11/h1-7H,15H2. The summed E-state index contributed by atoms with van der Waals surface area (Å²) in [5.74, 6) is 5.31. The fraction of sp³-hybridized carbons (Fsp3) is 0. The number of hydrogen-bond donors (Lipinski definition) is 1. The van der Waals surface area contributed by atoms with E-state index in [1.54, 1.807) is 30.3 Å². The van der Waals surface area contributed by atoms with Gasteiger partial charge in [0, 0.05) is 6.20 Å². The minimum absolute atomic E-state index is 0.256. The fourth-order valence-corrected chi connectivity index (χ4v) is 1.66. The Hall–Kier alpha value is -1.62. The molecule has 1 amide bonds. The summed E-state index contributed by atoms with van der Waals surface area (Å²) in [6.45, 7) is 0. The maximum Gasteiger partial charge on any atom is 0.291 e. The van der Waals surface area contributed by atoms with Crippen molar-refractivity contribution in [3.05, 3.63) is 58.3 Å². The third-order valence-corrected chi connectivity index (χ3v) is 3.02. The van der Waals surface area contributed by atoms with Crippen molar-refractivity contribution >= 4 is 34.8 Å². The van der Waals surface area contributed by atoms with Gasteiger partial charge in [-0.3, -0.25) is 9.78 Å². The first-order valence-corrected chi connectivity index (χ1v) is 5.80. The molecule has 0 fully saturated rings. The Balaban J connectivity index is 2.28. The summed E-state index contributed by atoms with van der Waals surface area (Å²) in [5, 5.41) is 1.71. The van der Waals surface area contributed by atoms with Gasteiger partial charge < -0.3 is 0 Å². The molecule has 0 unspecified atom stereocenters. The van der Waals surface area contributed by atoms with E-state index in [0.717, 1.165) is 5.01 Å². The van der Waals surface area contributed by atoms with Crippen molar-refractivity contribution in [3.8, 4) is 0 Å². The van der Waals surface area contributed by atoms with E-state index in [1.165, 1.54) is 12.3 Å². The van der Waals surface area contributed by atoms with Crippen LogP contribution in [0.4, 0.5) is 5.69 Å². The van der Waals surface area contributed by atoms with Gasteiger partial charge in [0.2, 0.25) is 0 Å². The number of anilines is 1. The summed E-state index contributed by atoms with van der Waals surface area (Å²) in [4.78, 5) is 15.9. The van der Waals surface area contributed by atoms with Gasteiger partial charge in [-0.2, -0.15) is 0 Å². The number of carbonyl (C=O) groups excluding carboxylic acids is 1. The van der Waals surface area contributed by atoms with Gasteiger partial charge in [-0.25, -0.2) is 10.9 Å². The Bertz CT molecular complexity index is 575. The quantitative estimate of drug-likeness (QED) is 0.523. The predicted molar refractivity (Wildman–Crippen MR) is 71.7 cm³/mol. The van der Waals surface area contributed by atoms with Crippen molar-refractivity contribution in [2.45, 2.75) is 0 Å². The van der Waals surface area contributed by atoms with Gasteiger partial charge in [0.1, 0.15) is 5.69 Å². The number of nitrogens with two attached hydrogens (primary N) is 1. The van der Waals surface area contributed by atoms with Crippen LogP contribution >= 0.6 is 23.2 Å². The third-order valence-electron chi connectivity index (χ3n) is 2.28. The molecule has 0 radical (unpaired) electrons. The molecule has 2 N–H and O–H groups in total. The molecule has 0 aliphatic carbocycles. The smallest absolute Gasteiger partial charge is 0.265 e. The van der Waals surface area contributed by atoms with Crippen LogP contribution in [-0.4, -0.2) is 10.9 Å². The van der Waals surface area contributed by atoms with E-state index in [-0.39, 0.29) is 5.69 Å². The summed E-state index contributed by atoms with van der Waals surface area (Å²) >= 11 is 11.7. The zero-order chi connectivity index (χ0) is 13.1. The second-order valence-electron chi connectivity index (χ2n) is 3.49. The van der Waals surface area contributed by atoms with Crippen molar-refractivity contribution in [2.75, 3.05) is 5.01 Å². The number of rotatable bonds is 2. The van der Waals surface area contributed by atoms with Crippen LogP contribution in [0.1, 0.15) is 10.5 Å². The Kier molecular flexibility index (Phi) is 3.81. The van der Waals surface area contributed by atoms with Gasteiger partial charge in [0.05, 0.1) is 15.7 Å². The number of amides is 1. The molecular weight excluding hydrogens is 273 g/mol. The third kappa shape index (κ3) is 2.61.